The molecule has 0 aromatic carbocycles. The van der Waals surface area contributed by atoms with Crippen LogP contribution < -0.4 is 5.32 Å². The summed E-state index contributed by atoms with van der Waals surface area (Å²) in [5, 5.41) is 9.15. The lowest BCUT2D eigenvalue weighted by atomic mass is 9.95. The summed E-state index contributed by atoms with van der Waals surface area (Å²) in [6.45, 7) is 5.47. The van der Waals surface area contributed by atoms with Crippen LogP contribution in [0.5, 0.6) is 0 Å². The number of aryl methyl sites for hydroxylation is 2. The Morgan fingerprint density at radius 1 is 1.24 bits per heavy atom. The largest absolute Gasteiger partial charge is 0.338 e. The highest BCUT2D eigenvalue weighted by Gasteiger charge is 2.25. The first-order valence-electron chi connectivity index (χ1n) is 9.61. The minimum atomic E-state index is 0.0396. The fourth-order valence-electron chi connectivity index (χ4n) is 3.32. The molecule has 0 spiro atoms. The summed E-state index contributed by atoms with van der Waals surface area (Å²) in [4.78, 5) is 28.0. The first kappa shape index (κ1) is 19.7. The lowest BCUT2D eigenvalue weighted by Gasteiger charge is -2.31. The van der Waals surface area contributed by atoms with E-state index in [0.29, 0.717) is 6.54 Å². The van der Waals surface area contributed by atoms with E-state index in [1.54, 1.807) is 34.8 Å². The molecule has 1 N–H and O–H groups in total. The molecule has 1 aliphatic heterocycles. The molecule has 3 aromatic rings. The van der Waals surface area contributed by atoms with Crippen molar-refractivity contribution in [3.63, 3.8) is 0 Å². The zero-order chi connectivity index (χ0) is 20.2. The van der Waals surface area contributed by atoms with Crippen molar-refractivity contribution < 1.29 is 4.79 Å². The maximum absolute atomic E-state index is 12.6. The predicted octanol–water partition coefficient (Wildman–Crippen LogP) is 4.77. The van der Waals surface area contributed by atoms with Gasteiger partial charge in [0.05, 0.1) is 16.4 Å². The summed E-state index contributed by atoms with van der Waals surface area (Å²) in [6, 6.07) is 3.97. The van der Waals surface area contributed by atoms with Gasteiger partial charge in [0.15, 0.2) is 5.13 Å². The average Bonchev–Trinajstić information content (AvgIpc) is 3.37. The van der Waals surface area contributed by atoms with E-state index in [1.165, 1.54) is 0 Å². The number of thiazole rings is 2. The minimum absolute atomic E-state index is 0.0396. The fourth-order valence-corrected chi connectivity index (χ4v) is 4.70. The Morgan fingerprint density at radius 2 is 2.14 bits per heavy atom. The number of carbonyl (C=O) groups is 1. The molecule has 0 bridgehead atoms. The second kappa shape index (κ2) is 8.84. The normalized spacial score (nSPS) is 17.0. The molecule has 0 aliphatic carbocycles. The van der Waals surface area contributed by atoms with Crippen molar-refractivity contribution >= 4 is 45.6 Å². The monoisotopic (exact) mass is 425 g/mol. The molecule has 8 heteroatoms. The third kappa shape index (κ3) is 5.07. The van der Waals surface area contributed by atoms with E-state index in [9.17, 15) is 4.79 Å². The number of hydrogen-bond acceptors (Lipinski definition) is 7. The van der Waals surface area contributed by atoms with Crippen LogP contribution in [0.4, 0.5) is 10.9 Å². The van der Waals surface area contributed by atoms with Crippen LogP contribution in [-0.2, 0) is 4.79 Å². The van der Waals surface area contributed by atoms with Crippen LogP contribution in [0, 0.1) is 13.8 Å². The van der Waals surface area contributed by atoms with Gasteiger partial charge in [0.2, 0.25) is 5.91 Å². The minimum Gasteiger partial charge on any atom is -0.338 e. The van der Waals surface area contributed by atoms with Crippen molar-refractivity contribution in [3.05, 3.63) is 57.1 Å². The van der Waals surface area contributed by atoms with Crippen molar-refractivity contribution in [1.29, 1.82) is 0 Å². The van der Waals surface area contributed by atoms with Crippen LogP contribution >= 0.6 is 22.7 Å². The highest BCUT2D eigenvalue weighted by Crippen LogP contribution is 2.30. The van der Waals surface area contributed by atoms with Crippen molar-refractivity contribution in [3.8, 4) is 0 Å². The molecule has 0 unspecified atom stereocenters. The maximum atomic E-state index is 12.6. The van der Waals surface area contributed by atoms with E-state index >= 15 is 0 Å². The van der Waals surface area contributed by atoms with E-state index in [4.69, 9.17) is 4.98 Å². The summed E-state index contributed by atoms with van der Waals surface area (Å²) < 4.78 is 0. The zero-order valence-electron chi connectivity index (χ0n) is 16.5. The first-order chi connectivity index (χ1) is 14.1. The van der Waals surface area contributed by atoms with Crippen molar-refractivity contribution in [2.75, 3.05) is 18.4 Å². The molecule has 1 fully saturated rings. The summed E-state index contributed by atoms with van der Waals surface area (Å²) in [7, 11) is 0. The van der Waals surface area contributed by atoms with Crippen LogP contribution in [-0.4, -0.2) is 38.8 Å². The van der Waals surface area contributed by atoms with Crippen LogP contribution in [0.15, 0.2) is 35.2 Å². The number of piperidine rings is 1. The number of nitrogens with one attached hydrogen (secondary N) is 1. The Bertz CT molecular complexity index is 1010. The Kier molecular flexibility index (Phi) is 6.01. The first-order valence-corrected chi connectivity index (χ1v) is 11.4. The van der Waals surface area contributed by atoms with Crippen LogP contribution in [0.2, 0.25) is 0 Å². The second-order valence-corrected chi connectivity index (χ2v) is 9.09. The summed E-state index contributed by atoms with van der Waals surface area (Å²) in [5.41, 5.74) is 3.01. The van der Waals surface area contributed by atoms with Crippen LogP contribution in [0.1, 0.15) is 40.7 Å². The standard InChI is InChI=1S/C21H23N5OS2/c1-14-5-7-19(22-10-14)25-21-24-18(13-29-21)16-4-3-9-26(11-16)20(27)8-6-17-12-28-15(2)23-17/h5-8,10,12-13,16H,3-4,9,11H2,1-2H3,(H,22,24,25)/b8-6+/t16-/m0/s1. The van der Waals surface area contributed by atoms with Gasteiger partial charge in [0.25, 0.3) is 0 Å². The third-order valence-corrected chi connectivity index (χ3v) is 6.42. The van der Waals surface area contributed by atoms with Gasteiger partial charge in [-0.05, 0) is 44.4 Å². The van der Waals surface area contributed by atoms with Gasteiger partial charge in [0, 0.05) is 42.0 Å². The highest BCUT2D eigenvalue weighted by molar-refractivity contribution is 7.13. The van der Waals surface area contributed by atoms with Crippen LogP contribution in [0.25, 0.3) is 6.08 Å². The molecule has 4 rings (SSSR count). The Morgan fingerprint density at radius 3 is 2.90 bits per heavy atom. The molecule has 1 amide bonds. The Balaban J connectivity index is 1.38. The van der Waals surface area contributed by atoms with E-state index < -0.39 is 0 Å². The molecule has 29 heavy (non-hydrogen) atoms. The van der Waals surface area contributed by atoms with Crippen molar-refractivity contribution in [1.82, 2.24) is 19.9 Å². The van der Waals surface area contributed by atoms with Crippen molar-refractivity contribution in [2.24, 2.45) is 0 Å². The number of nitrogens with zero attached hydrogens (tertiary/aromatic N) is 4. The van der Waals surface area contributed by atoms with Crippen LogP contribution in [0.3, 0.4) is 0 Å². The molecule has 0 saturated carbocycles. The van der Waals surface area contributed by atoms with Gasteiger partial charge in [-0.3, -0.25) is 4.79 Å². The lowest BCUT2D eigenvalue weighted by molar-refractivity contribution is -0.127. The number of anilines is 2. The molecule has 1 aliphatic rings. The van der Waals surface area contributed by atoms with Gasteiger partial charge in [-0.25, -0.2) is 15.0 Å². The predicted molar refractivity (Wildman–Crippen MR) is 119 cm³/mol. The van der Waals surface area contributed by atoms with E-state index in [2.05, 4.69) is 20.7 Å². The molecule has 3 aromatic heterocycles. The highest BCUT2D eigenvalue weighted by atomic mass is 32.1. The van der Waals surface area contributed by atoms with E-state index in [1.807, 2.05) is 42.5 Å². The molecule has 1 saturated heterocycles. The van der Waals surface area contributed by atoms with Crippen molar-refractivity contribution in [2.45, 2.75) is 32.6 Å². The Hall–Kier alpha value is -2.58. The second-order valence-electron chi connectivity index (χ2n) is 7.17. The fraction of sp³-hybridized carbons (Fsp3) is 0.333. The van der Waals surface area contributed by atoms with Gasteiger partial charge in [0.1, 0.15) is 5.82 Å². The van der Waals surface area contributed by atoms with Gasteiger partial charge in [-0.2, -0.15) is 0 Å². The lowest BCUT2D eigenvalue weighted by Crippen LogP contribution is -2.38. The number of pyridine rings is 1. The summed E-state index contributed by atoms with van der Waals surface area (Å²) in [6.07, 6.45) is 7.30. The number of likely N-dealkylation sites (tertiary alicyclic amines) is 1. The number of carbonyl (C=O) groups excluding carboxylic acids is 1. The quantitative estimate of drug-likeness (QED) is 0.596. The van der Waals surface area contributed by atoms with Gasteiger partial charge in [-0.1, -0.05) is 6.07 Å². The van der Waals surface area contributed by atoms with E-state index in [0.717, 1.165) is 52.3 Å². The van der Waals surface area contributed by atoms with E-state index in [-0.39, 0.29) is 11.8 Å². The molecular weight excluding hydrogens is 402 g/mol. The van der Waals surface area contributed by atoms with Gasteiger partial charge in [-0.15, -0.1) is 22.7 Å². The number of amides is 1. The third-order valence-electron chi connectivity index (χ3n) is 4.85. The molecule has 0 radical (unpaired) electrons. The molecule has 1 atom stereocenters. The smallest absolute Gasteiger partial charge is 0.246 e. The number of rotatable bonds is 5. The maximum Gasteiger partial charge on any atom is 0.246 e. The summed E-state index contributed by atoms with van der Waals surface area (Å²) >= 11 is 3.16. The molecule has 4 heterocycles. The molecular formula is C21H23N5OS2. The molecule has 6 nitrogen and oxygen atoms in total. The SMILES string of the molecule is Cc1ccc(Nc2nc([C@H]3CCCN(C(=O)/C=C/c4csc(C)n4)C3)cs2)nc1. The van der Waals surface area contributed by atoms with Gasteiger partial charge < -0.3 is 10.2 Å². The summed E-state index contributed by atoms with van der Waals surface area (Å²) in [5.74, 6) is 1.09. The average molecular weight is 426 g/mol. The zero-order valence-corrected chi connectivity index (χ0v) is 18.1. The van der Waals surface area contributed by atoms with Gasteiger partial charge >= 0.3 is 0 Å². The topological polar surface area (TPSA) is 71.0 Å². The molecule has 150 valence electrons. The number of aromatic nitrogens is 3. The number of hydrogen-bond donors (Lipinski definition) is 1. The Labute approximate surface area is 178 Å².